The van der Waals surface area contributed by atoms with Crippen LogP contribution in [0, 0.1) is 5.41 Å². The van der Waals surface area contributed by atoms with E-state index in [2.05, 4.69) is 10.6 Å². The average molecular weight is 344 g/mol. The third-order valence-electron chi connectivity index (χ3n) is 5.33. The highest BCUT2D eigenvalue weighted by molar-refractivity contribution is 6.20. The summed E-state index contributed by atoms with van der Waals surface area (Å²) in [6.07, 6.45) is -0.246. The smallest absolute Gasteiger partial charge is 0.328 e. The molecule has 2 saturated heterocycles. The van der Waals surface area contributed by atoms with E-state index in [1.807, 2.05) is 30.9 Å². The van der Waals surface area contributed by atoms with Gasteiger partial charge in [0.25, 0.3) is 0 Å². The second-order valence-electron chi connectivity index (χ2n) is 7.02. The van der Waals surface area contributed by atoms with Crippen LogP contribution in [0.1, 0.15) is 19.4 Å². The molecule has 1 unspecified atom stereocenters. The number of nitrogens with zero attached hydrogens (tertiary/aromatic N) is 1. The second-order valence-corrected chi connectivity index (χ2v) is 7.02. The van der Waals surface area contributed by atoms with Gasteiger partial charge in [-0.2, -0.15) is 0 Å². The molecule has 8 nitrogen and oxygen atoms in total. The van der Waals surface area contributed by atoms with Gasteiger partial charge in [0, 0.05) is 17.9 Å². The van der Waals surface area contributed by atoms with Crippen LogP contribution in [0.5, 0.6) is 0 Å². The molecule has 3 atom stereocenters. The molecule has 3 aliphatic rings. The van der Waals surface area contributed by atoms with E-state index in [9.17, 15) is 14.4 Å². The number of fused-ring (bicyclic) bond motifs is 4. The Bertz CT molecular complexity index is 773. The van der Waals surface area contributed by atoms with Gasteiger partial charge >= 0.3 is 6.03 Å². The Morgan fingerprint density at radius 1 is 1.20 bits per heavy atom. The number of benzene rings is 1. The van der Waals surface area contributed by atoms with Gasteiger partial charge in [-0.15, -0.1) is 0 Å². The topological polar surface area (TPSA) is 114 Å². The zero-order valence-electron chi connectivity index (χ0n) is 14.0. The summed E-state index contributed by atoms with van der Waals surface area (Å²) in [5.41, 5.74) is 6.81. The van der Waals surface area contributed by atoms with Crippen molar-refractivity contribution in [3.63, 3.8) is 0 Å². The SMILES string of the molecule is C[C@@H]1CN2c3ccc(N)cc3CC3(C(=O)NC(=O)NC3=O)C2[C@H](C)O1. The Morgan fingerprint density at radius 2 is 1.88 bits per heavy atom. The summed E-state index contributed by atoms with van der Waals surface area (Å²) in [7, 11) is 0. The molecule has 0 aromatic heterocycles. The summed E-state index contributed by atoms with van der Waals surface area (Å²) < 4.78 is 5.93. The molecule has 4 rings (SSSR count). The van der Waals surface area contributed by atoms with E-state index < -0.39 is 29.3 Å². The molecule has 3 aliphatic heterocycles. The monoisotopic (exact) mass is 344 g/mol. The molecule has 2 fully saturated rings. The van der Waals surface area contributed by atoms with Crippen LogP contribution in [-0.4, -0.2) is 42.6 Å². The van der Waals surface area contributed by atoms with E-state index in [0.29, 0.717) is 12.2 Å². The number of morpholine rings is 1. The van der Waals surface area contributed by atoms with Crippen molar-refractivity contribution in [1.82, 2.24) is 10.6 Å². The van der Waals surface area contributed by atoms with Gasteiger partial charge in [-0.25, -0.2) is 4.79 Å². The van der Waals surface area contributed by atoms with Crippen molar-refractivity contribution >= 4 is 29.2 Å². The van der Waals surface area contributed by atoms with Gasteiger partial charge < -0.3 is 15.4 Å². The minimum Gasteiger partial charge on any atom is -0.399 e. The van der Waals surface area contributed by atoms with Gasteiger partial charge in [-0.1, -0.05) is 0 Å². The fourth-order valence-corrected chi connectivity index (χ4v) is 4.47. The second kappa shape index (κ2) is 5.19. The van der Waals surface area contributed by atoms with Gasteiger partial charge in [0.05, 0.1) is 18.2 Å². The maximum atomic E-state index is 12.9. The summed E-state index contributed by atoms with van der Waals surface area (Å²) in [5, 5.41) is 4.51. The Balaban J connectivity index is 1.92. The van der Waals surface area contributed by atoms with Crippen LogP contribution < -0.4 is 21.3 Å². The normalized spacial score (nSPS) is 30.4. The van der Waals surface area contributed by atoms with E-state index in [-0.39, 0.29) is 18.6 Å². The minimum absolute atomic E-state index is 0.0526. The van der Waals surface area contributed by atoms with Crippen LogP contribution >= 0.6 is 0 Å². The molecular weight excluding hydrogens is 324 g/mol. The van der Waals surface area contributed by atoms with E-state index in [4.69, 9.17) is 10.5 Å². The molecule has 1 spiro atoms. The predicted molar refractivity (Wildman–Crippen MR) is 89.8 cm³/mol. The first-order chi connectivity index (χ1) is 11.8. The molecule has 132 valence electrons. The fourth-order valence-electron chi connectivity index (χ4n) is 4.47. The predicted octanol–water partition coefficient (Wildman–Crippen LogP) is 0.160. The summed E-state index contributed by atoms with van der Waals surface area (Å²) in [4.78, 5) is 39.3. The lowest BCUT2D eigenvalue weighted by Crippen LogP contribution is -2.75. The van der Waals surface area contributed by atoms with Crippen molar-refractivity contribution < 1.29 is 19.1 Å². The van der Waals surface area contributed by atoms with Crippen molar-refractivity contribution in [3.8, 4) is 0 Å². The van der Waals surface area contributed by atoms with Gasteiger partial charge in [0.15, 0.2) is 5.41 Å². The molecule has 1 aromatic carbocycles. The van der Waals surface area contributed by atoms with Gasteiger partial charge in [-0.05, 0) is 44.0 Å². The Kier molecular flexibility index (Phi) is 3.30. The lowest BCUT2D eigenvalue weighted by molar-refractivity contribution is -0.153. The number of barbiturate groups is 1. The van der Waals surface area contributed by atoms with Gasteiger partial charge in [0.2, 0.25) is 11.8 Å². The Labute approximate surface area is 144 Å². The molecule has 25 heavy (non-hydrogen) atoms. The third-order valence-corrected chi connectivity index (χ3v) is 5.33. The van der Waals surface area contributed by atoms with Crippen LogP contribution in [0.15, 0.2) is 18.2 Å². The summed E-state index contributed by atoms with van der Waals surface area (Å²) in [6.45, 7) is 4.35. The van der Waals surface area contributed by atoms with E-state index in [0.717, 1.165) is 11.3 Å². The lowest BCUT2D eigenvalue weighted by atomic mass is 9.66. The number of ether oxygens (including phenoxy) is 1. The minimum atomic E-state index is -1.44. The van der Waals surface area contributed by atoms with Crippen molar-refractivity contribution in [3.05, 3.63) is 23.8 Å². The number of carbonyl (C=O) groups is 3. The van der Waals surface area contributed by atoms with Crippen molar-refractivity contribution in [2.45, 2.75) is 38.5 Å². The number of nitrogens with one attached hydrogen (secondary N) is 2. The molecule has 0 aliphatic carbocycles. The lowest BCUT2D eigenvalue weighted by Gasteiger charge is -2.55. The molecule has 4 amide bonds. The van der Waals surface area contributed by atoms with E-state index in [1.165, 1.54) is 0 Å². The summed E-state index contributed by atoms with van der Waals surface area (Å²) in [6, 6.07) is 4.22. The first kappa shape index (κ1) is 15.9. The number of rotatable bonds is 0. The number of anilines is 2. The number of hydrogen-bond donors (Lipinski definition) is 3. The van der Waals surface area contributed by atoms with E-state index in [1.54, 1.807) is 6.07 Å². The number of hydrogen-bond acceptors (Lipinski definition) is 6. The highest BCUT2D eigenvalue weighted by atomic mass is 16.5. The highest BCUT2D eigenvalue weighted by Gasteiger charge is 2.62. The van der Waals surface area contributed by atoms with Crippen molar-refractivity contribution in [2.75, 3.05) is 17.2 Å². The number of nitrogens with two attached hydrogens (primary N) is 1. The molecule has 1 aromatic rings. The number of carbonyl (C=O) groups excluding carboxylic acids is 3. The van der Waals surface area contributed by atoms with Crippen molar-refractivity contribution in [2.24, 2.45) is 5.41 Å². The quantitative estimate of drug-likeness (QED) is 0.456. The Hall–Kier alpha value is -2.61. The standard InChI is InChI=1S/C17H20N4O4/c1-8-7-21-12-4-3-11(18)5-10(12)6-17(13(21)9(2)25-8)14(22)19-16(24)20-15(17)23/h3-5,8-9,13H,6-7,18H2,1-2H3,(H2,19,20,22,23,24)/t8-,9+,13?/m1/s1. The highest BCUT2D eigenvalue weighted by Crippen LogP contribution is 2.46. The van der Waals surface area contributed by atoms with Crippen LogP contribution in [0.25, 0.3) is 0 Å². The molecule has 0 radical (unpaired) electrons. The molecule has 3 heterocycles. The Morgan fingerprint density at radius 3 is 2.56 bits per heavy atom. The molecule has 0 bridgehead atoms. The van der Waals surface area contributed by atoms with Gasteiger partial charge in [-0.3, -0.25) is 20.2 Å². The molecule has 4 N–H and O–H groups in total. The van der Waals surface area contributed by atoms with Gasteiger partial charge in [0.1, 0.15) is 0 Å². The van der Waals surface area contributed by atoms with Crippen LogP contribution in [-0.2, 0) is 20.7 Å². The first-order valence-electron chi connectivity index (χ1n) is 8.30. The summed E-state index contributed by atoms with van der Waals surface area (Å²) in [5.74, 6) is -1.18. The number of urea groups is 1. The number of imide groups is 2. The third kappa shape index (κ3) is 2.13. The first-order valence-corrected chi connectivity index (χ1v) is 8.30. The summed E-state index contributed by atoms with van der Waals surface area (Å²) >= 11 is 0. The molecule has 0 saturated carbocycles. The largest absolute Gasteiger partial charge is 0.399 e. The maximum absolute atomic E-state index is 12.9. The number of amides is 4. The van der Waals surface area contributed by atoms with Crippen LogP contribution in [0.2, 0.25) is 0 Å². The van der Waals surface area contributed by atoms with Crippen LogP contribution in [0.4, 0.5) is 16.2 Å². The molecule has 8 heteroatoms. The van der Waals surface area contributed by atoms with E-state index >= 15 is 0 Å². The fraction of sp³-hybridized carbons (Fsp3) is 0.471. The van der Waals surface area contributed by atoms with Crippen molar-refractivity contribution in [1.29, 1.82) is 0 Å². The number of nitrogen functional groups attached to an aromatic ring is 1. The zero-order valence-corrected chi connectivity index (χ0v) is 14.0. The average Bonchev–Trinajstić information content (AvgIpc) is 2.51. The maximum Gasteiger partial charge on any atom is 0.328 e. The molecular formula is C17H20N4O4. The van der Waals surface area contributed by atoms with Crippen LogP contribution in [0.3, 0.4) is 0 Å². The zero-order chi connectivity index (χ0) is 17.9.